The van der Waals surface area contributed by atoms with Crippen molar-refractivity contribution in [1.82, 2.24) is 24.8 Å². The highest BCUT2D eigenvalue weighted by Crippen LogP contribution is 2.37. The Morgan fingerprint density at radius 2 is 1.91 bits per heavy atom. The number of anilines is 2. The minimum absolute atomic E-state index is 0.111. The molecule has 5 rings (SSSR count). The van der Waals surface area contributed by atoms with Crippen LogP contribution in [0, 0.1) is 13.8 Å². The molecule has 32 heavy (non-hydrogen) atoms. The summed E-state index contributed by atoms with van der Waals surface area (Å²) in [6.45, 7) is 10.2. The Hall–Kier alpha value is -3.06. The molecule has 0 unspecified atom stereocenters. The molecule has 1 fully saturated rings. The molecular weight excluding hydrogens is 400 g/mol. The van der Waals surface area contributed by atoms with Crippen LogP contribution >= 0.6 is 0 Å². The van der Waals surface area contributed by atoms with E-state index in [1.54, 1.807) is 6.20 Å². The maximum absolute atomic E-state index is 6.04. The fourth-order valence-electron chi connectivity index (χ4n) is 4.84. The van der Waals surface area contributed by atoms with Crippen LogP contribution in [0.25, 0.3) is 0 Å². The quantitative estimate of drug-likeness (QED) is 0.630. The molecule has 0 radical (unpaired) electrons. The molecule has 7 heteroatoms. The average molecular weight is 431 g/mol. The third-order valence-electron chi connectivity index (χ3n) is 6.09. The lowest BCUT2D eigenvalue weighted by Crippen LogP contribution is -2.24. The Bertz CT molecular complexity index is 1120. The lowest BCUT2D eigenvalue weighted by atomic mass is 10.00. The SMILES string of the molecule is Cc1cc(C)nc(Nc2cncc([C@@H]3CCCN3Cc3ccc4c(c3)CC(C)(C)O4)n2)n1. The first kappa shape index (κ1) is 20.8. The van der Waals surface area contributed by atoms with E-state index in [0.29, 0.717) is 11.8 Å². The van der Waals surface area contributed by atoms with E-state index in [1.165, 1.54) is 11.1 Å². The topological polar surface area (TPSA) is 76.1 Å². The number of nitrogens with one attached hydrogen (secondary N) is 1. The summed E-state index contributed by atoms with van der Waals surface area (Å²) in [5.74, 6) is 2.26. The molecule has 2 aromatic heterocycles. The lowest BCUT2D eigenvalue weighted by Gasteiger charge is -2.24. The molecule has 0 bridgehead atoms. The van der Waals surface area contributed by atoms with Crippen LogP contribution in [-0.2, 0) is 13.0 Å². The molecule has 0 aliphatic carbocycles. The predicted octanol–water partition coefficient (Wildman–Crippen LogP) is 4.68. The van der Waals surface area contributed by atoms with E-state index < -0.39 is 0 Å². The molecule has 2 aliphatic heterocycles. The van der Waals surface area contributed by atoms with Gasteiger partial charge in [0.25, 0.3) is 0 Å². The number of ether oxygens (including phenoxy) is 1. The maximum Gasteiger partial charge on any atom is 0.228 e. The Kier molecular flexibility index (Phi) is 5.29. The van der Waals surface area contributed by atoms with Gasteiger partial charge in [0.2, 0.25) is 5.95 Å². The van der Waals surface area contributed by atoms with Crippen LogP contribution in [-0.4, -0.2) is 37.0 Å². The minimum Gasteiger partial charge on any atom is -0.487 e. The highest BCUT2D eigenvalue weighted by Gasteiger charge is 2.31. The van der Waals surface area contributed by atoms with Gasteiger partial charge in [0.05, 0.1) is 24.1 Å². The molecule has 166 valence electrons. The second-order valence-electron chi connectivity index (χ2n) is 9.54. The van der Waals surface area contributed by atoms with Gasteiger partial charge in [0, 0.05) is 24.4 Å². The Morgan fingerprint density at radius 3 is 2.72 bits per heavy atom. The van der Waals surface area contributed by atoms with Crippen LogP contribution in [0.4, 0.5) is 11.8 Å². The van der Waals surface area contributed by atoms with Gasteiger partial charge in [0.1, 0.15) is 11.4 Å². The third kappa shape index (κ3) is 4.43. The molecule has 0 amide bonds. The number of fused-ring (bicyclic) bond motifs is 1. The number of hydrogen-bond acceptors (Lipinski definition) is 7. The zero-order chi connectivity index (χ0) is 22.3. The molecule has 4 heterocycles. The number of likely N-dealkylation sites (tertiary alicyclic amines) is 1. The van der Waals surface area contributed by atoms with E-state index in [4.69, 9.17) is 9.72 Å². The van der Waals surface area contributed by atoms with Crippen molar-refractivity contribution in [3.8, 4) is 5.75 Å². The van der Waals surface area contributed by atoms with E-state index in [2.05, 4.69) is 57.2 Å². The first-order valence-electron chi connectivity index (χ1n) is 11.3. The van der Waals surface area contributed by atoms with Crippen molar-refractivity contribution in [1.29, 1.82) is 0 Å². The lowest BCUT2D eigenvalue weighted by molar-refractivity contribution is 0.138. The third-order valence-corrected chi connectivity index (χ3v) is 6.09. The smallest absolute Gasteiger partial charge is 0.228 e. The first-order valence-corrected chi connectivity index (χ1v) is 11.3. The van der Waals surface area contributed by atoms with Crippen molar-refractivity contribution in [2.24, 2.45) is 0 Å². The Balaban J connectivity index is 1.32. The number of nitrogens with zero attached hydrogens (tertiary/aromatic N) is 5. The van der Waals surface area contributed by atoms with Crippen molar-refractivity contribution in [3.63, 3.8) is 0 Å². The number of aryl methyl sites for hydroxylation is 2. The van der Waals surface area contributed by atoms with Crippen LogP contribution in [0.3, 0.4) is 0 Å². The van der Waals surface area contributed by atoms with Crippen LogP contribution < -0.4 is 10.1 Å². The van der Waals surface area contributed by atoms with E-state index in [0.717, 1.165) is 55.2 Å². The summed E-state index contributed by atoms with van der Waals surface area (Å²) >= 11 is 0. The van der Waals surface area contributed by atoms with E-state index in [1.807, 2.05) is 26.1 Å². The normalized spacial score (nSPS) is 19.6. The predicted molar refractivity (Wildman–Crippen MR) is 124 cm³/mol. The highest BCUT2D eigenvalue weighted by atomic mass is 16.5. The summed E-state index contributed by atoms with van der Waals surface area (Å²) in [5.41, 5.74) is 5.36. The Labute approximate surface area is 189 Å². The number of benzene rings is 1. The average Bonchev–Trinajstić information content (AvgIpc) is 3.29. The van der Waals surface area contributed by atoms with E-state index in [-0.39, 0.29) is 11.6 Å². The van der Waals surface area contributed by atoms with Gasteiger partial charge in [-0.3, -0.25) is 9.88 Å². The number of hydrogen-bond donors (Lipinski definition) is 1. The van der Waals surface area contributed by atoms with Gasteiger partial charge in [-0.25, -0.2) is 15.0 Å². The van der Waals surface area contributed by atoms with Gasteiger partial charge in [-0.1, -0.05) is 12.1 Å². The minimum atomic E-state index is -0.111. The monoisotopic (exact) mass is 430 g/mol. The first-order chi connectivity index (χ1) is 15.3. The van der Waals surface area contributed by atoms with Crippen LogP contribution in [0.15, 0.2) is 36.7 Å². The molecule has 7 nitrogen and oxygen atoms in total. The fraction of sp³-hybridized carbons (Fsp3) is 0.440. The molecule has 1 aromatic carbocycles. The number of aromatic nitrogens is 4. The van der Waals surface area contributed by atoms with Crippen molar-refractivity contribution in [2.75, 3.05) is 11.9 Å². The zero-order valence-corrected chi connectivity index (χ0v) is 19.2. The molecule has 1 atom stereocenters. The summed E-state index contributed by atoms with van der Waals surface area (Å²) in [6.07, 6.45) is 6.81. The second kappa shape index (κ2) is 8.13. The number of rotatable bonds is 5. The summed E-state index contributed by atoms with van der Waals surface area (Å²) in [7, 11) is 0. The fourth-order valence-corrected chi connectivity index (χ4v) is 4.84. The summed E-state index contributed by atoms with van der Waals surface area (Å²) in [5, 5.41) is 3.22. The maximum atomic E-state index is 6.04. The largest absolute Gasteiger partial charge is 0.487 e. The molecule has 1 saturated heterocycles. The van der Waals surface area contributed by atoms with Gasteiger partial charge in [0.15, 0.2) is 5.82 Å². The standard InChI is InChI=1S/C25H30N6O/c1-16-10-17(2)28-24(27-16)30-23-14-26-13-20(29-23)21-6-5-9-31(21)15-18-7-8-22-19(11-18)12-25(3,4)32-22/h7-8,10-11,13-14,21H,5-6,9,12,15H2,1-4H3,(H,27,28,29,30)/t21-/m0/s1. The van der Waals surface area contributed by atoms with Gasteiger partial charge in [-0.2, -0.15) is 0 Å². The zero-order valence-electron chi connectivity index (χ0n) is 19.2. The summed E-state index contributed by atoms with van der Waals surface area (Å²) in [4.78, 5) is 20.7. The van der Waals surface area contributed by atoms with Gasteiger partial charge in [-0.15, -0.1) is 0 Å². The molecule has 0 saturated carbocycles. The van der Waals surface area contributed by atoms with Gasteiger partial charge < -0.3 is 10.1 Å². The van der Waals surface area contributed by atoms with Crippen molar-refractivity contribution in [3.05, 3.63) is 64.9 Å². The second-order valence-corrected chi connectivity index (χ2v) is 9.54. The molecule has 2 aliphatic rings. The van der Waals surface area contributed by atoms with Crippen molar-refractivity contribution >= 4 is 11.8 Å². The van der Waals surface area contributed by atoms with Gasteiger partial charge >= 0.3 is 0 Å². The summed E-state index contributed by atoms with van der Waals surface area (Å²) in [6, 6.07) is 8.83. The molecule has 3 aromatic rings. The van der Waals surface area contributed by atoms with Crippen LogP contribution in [0.2, 0.25) is 0 Å². The Morgan fingerprint density at radius 1 is 1.09 bits per heavy atom. The molecule has 1 N–H and O–H groups in total. The van der Waals surface area contributed by atoms with Crippen LogP contribution in [0.5, 0.6) is 5.75 Å². The highest BCUT2D eigenvalue weighted by molar-refractivity contribution is 5.47. The van der Waals surface area contributed by atoms with E-state index in [9.17, 15) is 0 Å². The van der Waals surface area contributed by atoms with Crippen molar-refractivity contribution in [2.45, 2.75) is 65.1 Å². The van der Waals surface area contributed by atoms with E-state index >= 15 is 0 Å². The van der Waals surface area contributed by atoms with Gasteiger partial charge in [-0.05, 0) is 70.3 Å². The van der Waals surface area contributed by atoms with Crippen molar-refractivity contribution < 1.29 is 4.74 Å². The molecular formula is C25H30N6O. The molecule has 0 spiro atoms. The summed E-state index contributed by atoms with van der Waals surface area (Å²) < 4.78 is 6.04. The van der Waals surface area contributed by atoms with Crippen LogP contribution in [0.1, 0.15) is 60.9 Å².